The van der Waals surface area contributed by atoms with Gasteiger partial charge in [0.1, 0.15) is 0 Å². The van der Waals surface area contributed by atoms with Gasteiger partial charge < -0.3 is 4.90 Å². The van der Waals surface area contributed by atoms with Crippen molar-refractivity contribution in [1.29, 1.82) is 0 Å². The summed E-state index contributed by atoms with van der Waals surface area (Å²) in [4.78, 5) is 13.4. The minimum absolute atomic E-state index is 0.0264. The summed E-state index contributed by atoms with van der Waals surface area (Å²) in [6, 6.07) is 10.5. The second kappa shape index (κ2) is 7.24. The summed E-state index contributed by atoms with van der Waals surface area (Å²) in [5, 5.41) is 0. The van der Waals surface area contributed by atoms with E-state index in [0.717, 1.165) is 5.56 Å². The van der Waals surface area contributed by atoms with Crippen LogP contribution >= 0.6 is 11.8 Å². The Kier molecular flexibility index (Phi) is 5.19. The first-order valence-corrected chi connectivity index (χ1v) is 10.1. The second-order valence-electron chi connectivity index (χ2n) is 5.69. The Balaban J connectivity index is 1.90. The van der Waals surface area contributed by atoms with Crippen molar-refractivity contribution in [3.05, 3.63) is 48.0 Å². The lowest BCUT2D eigenvalue weighted by Crippen LogP contribution is -2.25. The lowest BCUT2D eigenvalue weighted by atomic mass is 10.2. The standard InChI is InChI=1S/C17H16F2N2O3S2/c1-11(22)21-9-8-12-10-13(6-7-15(12)21)26(23,24)20-14-4-2-3-5-16(14)25-17(18)19/h2-7,10,17,20H,8-9H2,1H3. The van der Waals surface area contributed by atoms with E-state index >= 15 is 0 Å². The van der Waals surface area contributed by atoms with Crippen molar-refractivity contribution in [1.82, 2.24) is 0 Å². The van der Waals surface area contributed by atoms with Gasteiger partial charge >= 0.3 is 0 Å². The first kappa shape index (κ1) is 18.7. The number of hydrogen-bond donors (Lipinski definition) is 1. The maximum atomic E-state index is 12.7. The molecule has 0 atom stereocenters. The van der Waals surface area contributed by atoms with Crippen LogP contribution in [0.1, 0.15) is 12.5 Å². The van der Waals surface area contributed by atoms with Crippen LogP contribution in [0.3, 0.4) is 0 Å². The van der Waals surface area contributed by atoms with Crippen molar-refractivity contribution < 1.29 is 22.0 Å². The SMILES string of the molecule is CC(=O)N1CCc2cc(S(=O)(=O)Nc3ccccc3SC(F)F)ccc21. The van der Waals surface area contributed by atoms with Crippen LogP contribution in [0.25, 0.3) is 0 Å². The molecular formula is C17H16F2N2O3S2. The molecule has 1 N–H and O–H groups in total. The number of amides is 1. The highest BCUT2D eigenvalue weighted by Gasteiger charge is 2.25. The Morgan fingerprint density at radius 1 is 1.23 bits per heavy atom. The number of para-hydroxylation sites is 1. The van der Waals surface area contributed by atoms with Crippen molar-refractivity contribution in [2.24, 2.45) is 0 Å². The van der Waals surface area contributed by atoms with Crippen LogP contribution in [0.2, 0.25) is 0 Å². The largest absolute Gasteiger partial charge is 0.312 e. The first-order valence-electron chi connectivity index (χ1n) is 7.75. The van der Waals surface area contributed by atoms with Crippen LogP contribution in [0.15, 0.2) is 52.3 Å². The molecule has 0 radical (unpaired) electrons. The van der Waals surface area contributed by atoms with Crippen molar-refractivity contribution in [3.63, 3.8) is 0 Å². The van der Waals surface area contributed by atoms with Gasteiger partial charge in [-0.3, -0.25) is 9.52 Å². The van der Waals surface area contributed by atoms with Crippen LogP contribution < -0.4 is 9.62 Å². The van der Waals surface area contributed by atoms with E-state index < -0.39 is 15.8 Å². The Morgan fingerprint density at radius 2 is 1.96 bits per heavy atom. The number of hydrogen-bond acceptors (Lipinski definition) is 4. The van der Waals surface area contributed by atoms with Crippen LogP contribution in [-0.4, -0.2) is 26.6 Å². The fourth-order valence-corrected chi connectivity index (χ4v) is 4.62. The van der Waals surface area contributed by atoms with Crippen molar-refractivity contribution in [2.45, 2.75) is 28.9 Å². The van der Waals surface area contributed by atoms with Gasteiger partial charge in [-0.25, -0.2) is 8.42 Å². The number of thioether (sulfide) groups is 1. The van der Waals surface area contributed by atoms with Crippen LogP contribution in [0, 0.1) is 0 Å². The monoisotopic (exact) mass is 398 g/mol. The van der Waals surface area contributed by atoms with Crippen molar-refractivity contribution in [3.8, 4) is 0 Å². The second-order valence-corrected chi connectivity index (χ2v) is 8.41. The smallest absolute Gasteiger partial charge is 0.288 e. The molecule has 3 rings (SSSR count). The summed E-state index contributed by atoms with van der Waals surface area (Å²) >= 11 is 0.280. The third kappa shape index (κ3) is 3.83. The molecule has 1 heterocycles. The van der Waals surface area contributed by atoms with Crippen molar-refractivity contribution >= 4 is 39.1 Å². The van der Waals surface area contributed by atoms with Gasteiger partial charge in [-0.05, 0) is 42.3 Å². The summed E-state index contributed by atoms with van der Waals surface area (Å²) < 4.78 is 53.0. The molecule has 2 aromatic rings. The molecule has 138 valence electrons. The number of nitrogens with zero attached hydrogens (tertiary/aromatic N) is 1. The molecule has 0 fully saturated rings. The van der Waals surface area contributed by atoms with Gasteiger partial charge in [-0.2, -0.15) is 8.78 Å². The number of nitrogens with one attached hydrogen (secondary N) is 1. The first-order chi connectivity index (χ1) is 12.3. The molecule has 0 unspecified atom stereocenters. The summed E-state index contributed by atoms with van der Waals surface area (Å²) in [6.07, 6.45) is 0.566. The van der Waals surface area contributed by atoms with E-state index in [1.807, 2.05) is 0 Å². The Hall–Kier alpha value is -2.13. The summed E-state index contributed by atoms with van der Waals surface area (Å²) in [7, 11) is -3.94. The summed E-state index contributed by atoms with van der Waals surface area (Å²) in [6.45, 7) is 1.97. The molecule has 0 spiro atoms. The molecule has 0 bridgehead atoms. The van der Waals surface area contributed by atoms with Gasteiger partial charge in [0.05, 0.1) is 10.6 Å². The number of sulfonamides is 1. The minimum Gasteiger partial charge on any atom is -0.312 e. The highest BCUT2D eigenvalue weighted by atomic mass is 32.2. The van der Waals surface area contributed by atoms with Gasteiger partial charge in [0.25, 0.3) is 15.8 Å². The number of carbonyl (C=O) groups excluding carboxylic acids is 1. The number of carbonyl (C=O) groups is 1. The zero-order valence-electron chi connectivity index (χ0n) is 13.8. The lowest BCUT2D eigenvalue weighted by molar-refractivity contribution is -0.116. The molecular weight excluding hydrogens is 382 g/mol. The quantitative estimate of drug-likeness (QED) is 0.780. The van der Waals surface area contributed by atoms with E-state index in [9.17, 15) is 22.0 Å². The fraction of sp³-hybridized carbons (Fsp3) is 0.235. The normalized spacial score (nSPS) is 13.8. The molecule has 2 aromatic carbocycles. The van der Waals surface area contributed by atoms with E-state index in [4.69, 9.17) is 0 Å². The Morgan fingerprint density at radius 3 is 2.65 bits per heavy atom. The average molecular weight is 398 g/mol. The number of halogens is 2. The molecule has 0 aromatic heterocycles. The highest BCUT2D eigenvalue weighted by molar-refractivity contribution is 7.99. The molecule has 5 nitrogen and oxygen atoms in total. The molecule has 1 aliphatic heterocycles. The third-order valence-corrected chi connectivity index (χ3v) is 6.14. The van der Waals surface area contributed by atoms with Crippen LogP contribution in [-0.2, 0) is 21.2 Å². The predicted molar refractivity (Wildman–Crippen MR) is 97.3 cm³/mol. The van der Waals surface area contributed by atoms with Crippen molar-refractivity contribution in [2.75, 3.05) is 16.2 Å². The lowest BCUT2D eigenvalue weighted by Gasteiger charge is -2.15. The molecule has 0 saturated heterocycles. The third-order valence-electron chi connectivity index (χ3n) is 3.98. The number of rotatable bonds is 5. The Bertz CT molecular complexity index is 949. The number of alkyl halides is 2. The van der Waals surface area contributed by atoms with Gasteiger partial charge in [-0.15, -0.1) is 0 Å². The van der Waals surface area contributed by atoms with E-state index in [0.29, 0.717) is 18.7 Å². The highest BCUT2D eigenvalue weighted by Crippen LogP contribution is 2.34. The predicted octanol–water partition coefficient (Wildman–Crippen LogP) is 3.71. The van der Waals surface area contributed by atoms with Gasteiger partial charge in [0.2, 0.25) is 5.91 Å². The van der Waals surface area contributed by atoms with Crippen LogP contribution in [0.4, 0.5) is 20.2 Å². The number of benzene rings is 2. The van der Waals surface area contributed by atoms with Gasteiger partial charge in [0, 0.05) is 24.1 Å². The van der Waals surface area contributed by atoms with Gasteiger partial charge in [0.15, 0.2) is 0 Å². The maximum absolute atomic E-state index is 12.7. The molecule has 0 aliphatic carbocycles. The number of fused-ring (bicyclic) bond motifs is 1. The van der Waals surface area contributed by atoms with E-state index in [1.54, 1.807) is 23.1 Å². The summed E-state index contributed by atoms with van der Waals surface area (Å²) in [5.74, 6) is -2.76. The Labute approximate surface area is 154 Å². The maximum Gasteiger partial charge on any atom is 0.288 e. The minimum atomic E-state index is -3.94. The van der Waals surface area contributed by atoms with E-state index in [-0.39, 0.29) is 33.1 Å². The topological polar surface area (TPSA) is 66.5 Å². The molecule has 1 amide bonds. The fourth-order valence-electron chi connectivity index (χ4n) is 2.83. The molecule has 1 aliphatic rings. The van der Waals surface area contributed by atoms with Gasteiger partial charge in [-0.1, -0.05) is 23.9 Å². The zero-order chi connectivity index (χ0) is 18.9. The molecule has 9 heteroatoms. The average Bonchev–Trinajstić information content (AvgIpc) is 2.99. The van der Waals surface area contributed by atoms with Crippen LogP contribution in [0.5, 0.6) is 0 Å². The van der Waals surface area contributed by atoms with E-state index in [1.165, 1.54) is 31.2 Å². The van der Waals surface area contributed by atoms with E-state index in [2.05, 4.69) is 4.72 Å². The molecule has 0 saturated carbocycles. The number of anilines is 2. The molecule has 26 heavy (non-hydrogen) atoms. The summed E-state index contributed by atoms with van der Waals surface area (Å²) in [5.41, 5.74) is 1.56. The zero-order valence-corrected chi connectivity index (χ0v) is 15.4.